The minimum Gasteiger partial charge on any atom is -0.389 e. The summed E-state index contributed by atoms with van der Waals surface area (Å²) in [4.78, 5) is 11.7. The van der Waals surface area contributed by atoms with Gasteiger partial charge in [-0.15, -0.1) is 11.3 Å². The van der Waals surface area contributed by atoms with Crippen LogP contribution >= 0.6 is 23.6 Å². The van der Waals surface area contributed by atoms with Crippen molar-refractivity contribution in [3.8, 4) is 0 Å². The number of piperidine rings is 1. The molecular formula is C10H13N3O3S3. The number of amides is 1. The van der Waals surface area contributed by atoms with Gasteiger partial charge < -0.3 is 11.1 Å². The summed E-state index contributed by atoms with van der Waals surface area (Å²) in [6, 6.07) is 2.78. The lowest BCUT2D eigenvalue weighted by Gasteiger charge is -2.22. The van der Waals surface area contributed by atoms with Crippen LogP contribution in [-0.4, -0.2) is 31.9 Å². The molecule has 9 heteroatoms. The maximum Gasteiger partial charge on any atom is 0.250 e. The molecule has 2 heterocycles. The molecule has 104 valence electrons. The van der Waals surface area contributed by atoms with Crippen LogP contribution in [0.25, 0.3) is 0 Å². The van der Waals surface area contributed by atoms with Crippen molar-refractivity contribution in [2.45, 2.75) is 23.1 Å². The standard InChI is InChI=1S/C10H13N3O3S3/c11-10(17)7-2-4-9(18-7)19(15,16)13-6-1-3-8(14)12-5-6/h2,4,6,13H,1,3,5H2,(H2,11,17)(H,12,14). The van der Waals surface area contributed by atoms with E-state index < -0.39 is 10.0 Å². The van der Waals surface area contributed by atoms with E-state index in [-0.39, 0.29) is 21.1 Å². The van der Waals surface area contributed by atoms with Gasteiger partial charge in [0.15, 0.2) is 0 Å². The highest BCUT2D eigenvalue weighted by atomic mass is 32.2. The van der Waals surface area contributed by atoms with Gasteiger partial charge in [-0.1, -0.05) is 12.2 Å². The van der Waals surface area contributed by atoms with Crippen molar-refractivity contribution in [3.63, 3.8) is 0 Å². The van der Waals surface area contributed by atoms with Gasteiger partial charge >= 0.3 is 0 Å². The second-order valence-corrected chi connectivity index (χ2v) is 7.61. The Morgan fingerprint density at radius 3 is 2.79 bits per heavy atom. The van der Waals surface area contributed by atoms with Gasteiger partial charge in [-0.05, 0) is 18.6 Å². The third-order valence-corrected chi connectivity index (χ3v) is 6.16. The summed E-state index contributed by atoms with van der Waals surface area (Å²) < 4.78 is 27.0. The first-order chi connectivity index (χ1) is 8.88. The fourth-order valence-electron chi connectivity index (χ4n) is 1.71. The van der Waals surface area contributed by atoms with Gasteiger partial charge in [0.25, 0.3) is 0 Å². The molecule has 1 fully saturated rings. The average Bonchev–Trinajstić information content (AvgIpc) is 2.82. The molecule has 1 unspecified atom stereocenters. The Morgan fingerprint density at radius 2 is 2.26 bits per heavy atom. The van der Waals surface area contributed by atoms with E-state index in [0.717, 1.165) is 11.3 Å². The predicted octanol–water partition coefficient (Wildman–Crippen LogP) is -0.0608. The fourth-order valence-corrected chi connectivity index (χ4v) is 4.35. The van der Waals surface area contributed by atoms with Crippen LogP contribution in [0.3, 0.4) is 0 Å². The molecular weight excluding hydrogens is 306 g/mol. The Balaban J connectivity index is 2.09. The van der Waals surface area contributed by atoms with Crippen molar-refractivity contribution >= 4 is 44.5 Å². The van der Waals surface area contributed by atoms with E-state index in [2.05, 4.69) is 10.0 Å². The predicted molar refractivity (Wildman–Crippen MR) is 76.6 cm³/mol. The first-order valence-electron chi connectivity index (χ1n) is 5.57. The molecule has 1 amide bonds. The highest BCUT2D eigenvalue weighted by molar-refractivity contribution is 7.91. The lowest BCUT2D eigenvalue weighted by Crippen LogP contribution is -2.47. The molecule has 6 nitrogen and oxygen atoms in total. The number of nitrogens with one attached hydrogen (secondary N) is 2. The van der Waals surface area contributed by atoms with E-state index in [9.17, 15) is 13.2 Å². The Labute approximate surface area is 120 Å². The molecule has 0 radical (unpaired) electrons. The van der Waals surface area contributed by atoms with Crippen molar-refractivity contribution in [2.24, 2.45) is 5.73 Å². The summed E-state index contributed by atoms with van der Waals surface area (Å²) in [6.07, 6.45) is 0.828. The number of thiocarbonyl (C=S) groups is 1. The van der Waals surface area contributed by atoms with Crippen LogP contribution in [-0.2, 0) is 14.8 Å². The van der Waals surface area contributed by atoms with Crippen molar-refractivity contribution in [3.05, 3.63) is 17.0 Å². The minimum atomic E-state index is -3.59. The lowest BCUT2D eigenvalue weighted by atomic mass is 10.1. The Bertz CT molecular complexity index is 599. The Hall–Kier alpha value is -1.03. The van der Waals surface area contributed by atoms with E-state index in [0.29, 0.717) is 24.3 Å². The third kappa shape index (κ3) is 3.50. The molecule has 4 N–H and O–H groups in total. The zero-order chi connectivity index (χ0) is 14.0. The van der Waals surface area contributed by atoms with Crippen LogP contribution in [0.5, 0.6) is 0 Å². The van der Waals surface area contributed by atoms with Gasteiger partial charge in [0.05, 0.1) is 4.88 Å². The van der Waals surface area contributed by atoms with Crippen LogP contribution < -0.4 is 15.8 Å². The van der Waals surface area contributed by atoms with Gasteiger partial charge in [-0.2, -0.15) is 0 Å². The minimum absolute atomic E-state index is 0.0534. The quantitative estimate of drug-likeness (QED) is 0.675. The molecule has 0 aromatic carbocycles. The molecule has 0 bridgehead atoms. The van der Waals surface area contributed by atoms with Gasteiger partial charge in [-0.25, -0.2) is 13.1 Å². The van der Waals surface area contributed by atoms with Crippen LogP contribution in [0.1, 0.15) is 17.7 Å². The molecule has 1 saturated heterocycles. The smallest absolute Gasteiger partial charge is 0.250 e. The molecule has 1 aliphatic heterocycles. The van der Waals surface area contributed by atoms with E-state index in [1.165, 1.54) is 6.07 Å². The first kappa shape index (κ1) is 14.4. The molecule has 0 spiro atoms. The van der Waals surface area contributed by atoms with E-state index in [1.54, 1.807) is 6.07 Å². The van der Waals surface area contributed by atoms with E-state index >= 15 is 0 Å². The Morgan fingerprint density at radius 1 is 1.53 bits per heavy atom. The zero-order valence-electron chi connectivity index (χ0n) is 9.88. The normalized spacial score (nSPS) is 20.0. The Kier molecular flexibility index (Phi) is 4.19. The fraction of sp³-hybridized carbons (Fsp3) is 0.400. The number of carbonyl (C=O) groups excluding carboxylic acids is 1. The molecule has 1 aromatic heterocycles. The summed E-state index contributed by atoms with van der Waals surface area (Å²) >= 11 is 5.83. The van der Waals surface area contributed by atoms with Crippen molar-refractivity contribution in [2.75, 3.05) is 6.54 Å². The first-order valence-corrected chi connectivity index (χ1v) is 8.28. The van der Waals surface area contributed by atoms with Crippen LogP contribution in [0.15, 0.2) is 16.3 Å². The maximum atomic E-state index is 12.1. The molecule has 1 atom stereocenters. The van der Waals surface area contributed by atoms with Gasteiger partial charge in [0.1, 0.15) is 9.20 Å². The van der Waals surface area contributed by atoms with Gasteiger partial charge in [0.2, 0.25) is 15.9 Å². The number of nitrogens with two attached hydrogens (primary N) is 1. The highest BCUT2D eigenvalue weighted by Gasteiger charge is 2.25. The third-order valence-electron chi connectivity index (χ3n) is 2.68. The van der Waals surface area contributed by atoms with Gasteiger partial charge in [0, 0.05) is 19.0 Å². The van der Waals surface area contributed by atoms with Crippen LogP contribution in [0.4, 0.5) is 0 Å². The molecule has 2 rings (SSSR count). The molecule has 0 saturated carbocycles. The average molecular weight is 319 g/mol. The molecule has 1 aromatic rings. The monoisotopic (exact) mass is 319 g/mol. The number of carbonyl (C=O) groups is 1. The number of hydrogen-bond acceptors (Lipinski definition) is 5. The van der Waals surface area contributed by atoms with Crippen molar-refractivity contribution in [1.82, 2.24) is 10.0 Å². The summed E-state index contributed by atoms with van der Waals surface area (Å²) in [6.45, 7) is 0.311. The summed E-state index contributed by atoms with van der Waals surface area (Å²) in [5.74, 6) is -0.0534. The largest absolute Gasteiger partial charge is 0.389 e. The SMILES string of the molecule is NC(=S)c1ccc(S(=O)(=O)NC2CCC(=O)NC2)s1. The van der Waals surface area contributed by atoms with E-state index in [4.69, 9.17) is 18.0 Å². The van der Waals surface area contributed by atoms with Crippen molar-refractivity contribution in [1.29, 1.82) is 0 Å². The van der Waals surface area contributed by atoms with Crippen molar-refractivity contribution < 1.29 is 13.2 Å². The number of rotatable bonds is 4. The topological polar surface area (TPSA) is 101 Å². The summed E-state index contributed by atoms with van der Waals surface area (Å²) in [7, 11) is -3.59. The lowest BCUT2D eigenvalue weighted by molar-refractivity contribution is -0.122. The highest BCUT2D eigenvalue weighted by Crippen LogP contribution is 2.22. The molecule has 0 aliphatic carbocycles. The van der Waals surface area contributed by atoms with Crippen LogP contribution in [0.2, 0.25) is 0 Å². The number of hydrogen-bond donors (Lipinski definition) is 3. The molecule has 19 heavy (non-hydrogen) atoms. The van der Waals surface area contributed by atoms with E-state index in [1.807, 2.05) is 0 Å². The van der Waals surface area contributed by atoms with Crippen LogP contribution in [0, 0.1) is 0 Å². The second-order valence-electron chi connectivity index (χ2n) is 4.14. The summed E-state index contributed by atoms with van der Waals surface area (Å²) in [5, 5.41) is 2.63. The summed E-state index contributed by atoms with van der Waals surface area (Å²) in [5.41, 5.74) is 5.45. The van der Waals surface area contributed by atoms with Gasteiger partial charge in [-0.3, -0.25) is 4.79 Å². The number of thiophene rings is 1. The molecule has 1 aliphatic rings. The number of sulfonamides is 1. The second kappa shape index (κ2) is 5.53. The maximum absolute atomic E-state index is 12.1. The zero-order valence-corrected chi connectivity index (χ0v) is 12.3.